The third kappa shape index (κ3) is 6.70. The lowest BCUT2D eigenvalue weighted by Gasteiger charge is -2.32. The van der Waals surface area contributed by atoms with E-state index in [2.05, 4.69) is 5.32 Å². The molecule has 3 aromatic rings. The fraction of sp³-hybridized carbons (Fsp3) is 0.286. The van der Waals surface area contributed by atoms with Gasteiger partial charge in [0.2, 0.25) is 11.8 Å². The van der Waals surface area contributed by atoms with Gasteiger partial charge in [-0.3, -0.25) is 13.9 Å². The number of rotatable bonds is 9. The summed E-state index contributed by atoms with van der Waals surface area (Å²) >= 11 is 6.34. The van der Waals surface area contributed by atoms with Crippen LogP contribution in [0.25, 0.3) is 0 Å². The summed E-state index contributed by atoms with van der Waals surface area (Å²) in [5.74, 6) is -0.877. The number of hydrogen-bond acceptors (Lipinski definition) is 4. The number of nitrogens with zero attached hydrogens (tertiary/aromatic N) is 2. The molecule has 0 spiro atoms. The summed E-state index contributed by atoms with van der Waals surface area (Å²) in [5.41, 5.74) is 3.78. The number of aryl methyl sites for hydroxylation is 3. The highest BCUT2D eigenvalue weighted by Crippen LogP contribution is 2.28. The molecule has 1 atom stereocenters. The van der Waals surface area contributed by atoms with E-state index < -0.39 is 28.5 Å². The Hall–Kier alpha value is -3.36. The van der Waals surface area contributed by atoms with E-state index in [1.807, 2.05) is 45.0 Å². The van der Waals surface area contributed by atoms with E-state index in [9.17, 15) is 18.0 Å². The highest BCUT2D eigenvalue weighted by Gasteiger charge is 2.32. The van der Waals surface area contributed by atoms with Gasteiger partial charge in [-0.2, -0.15) is 0 Å². The molecule has 9 heteroatoms. The summed E-state index contributed by atoms with van der Waals surface area (Å²) in [6.45, 7) is 6.86. The van der Waals surface area contributed by atoms with Gasteiger partial charge >= 0.3 is 0 Å². The van der Waals surface area contributed by atoms with Crippen LogP contribution < -0.4 is 9.62 Å². The van der Waals surface area contributed by atoms with Crippen molar-refractivity contribution in [2.75, 3.05) is 17.9 Å². The zero-order valence-electron chi connectivity index (χ0n) is 21.7. The smallest absolute Gasteiger partial charge is 0.264 e. The summed E-state index contributed by atoms with van der Waals surface area (Å²) in [6, 6.07) is 18.1. The van der Waals surface area contributed by atoms with Crippen molar-refractivity contribution >= 4 is 39.1 Å². The molecule has 0 fully saturated rings. The van der Waals surface area contributed by atoms with Crippen LogP contribution in [0.3, 0.4) is 0 Å². The van der Waals surface area contributed by atoms with Crippen molar-refractivity contribution in [1.29, 1.82) is 0 Å². The topological polar surface area (TPSA) is 86.8 Å². The maximum atomic E-state index is 13.8. The minimum atomic E-state index is -4.13. The minimum absolute atomic E-state index is 0.0483. The molecule has 0 saturated heterocycles. The monoisotopic (exact) mass is 541 g/mol. The van der Waals surface area contributed by atoms with Crippen LogP contribution in [0.1, 0.15) is 29.2 Å². The summed E-state index contributed by atoms with van der Waals surface area (Å²) in [7, 11) is -2.64. The molecular weight excluding hydrogens is 510 g/mol. The molecule has 0 saturated carbocycles. The van der Waals surface area contributed by atoms with Gasteiger partial charge in [-0.1, -0.05) is 65.2 Å². The Morgan fingerprint density at radius 3 is 2.22 bits per heavy atom. The van der Waals surface area contributed by atoms with Crippen LogP contribution in [-0.2, 0) is 26.2 Å². The first-order valence-corrected chi connectivity index (χ1v) is 13.7. The first-order valence-electron chi connectivity index (χ1n) is 11.9. The van der Waals surface area contributed by atoms with Crippen molar-refractivity contribution < 1.29 is 18.0 Å². The van der Waals surface area contributed by atoms with Gasteiger partial charge in [-0.05, 0) is 63.1 Å². The first-order chi connectivity index (χ1) is 17.4. The average Bonchev–Trinajstić information content (AvgIpc) is 2.86. The van der Waals surface area contributed by atoms with Gasteiger partial charge in [-0.25, -0.2) is 8.42 Å². The lowest BCUT2D eigenvalue weighted by atomic mass is 10.1. The fourth-order valence-electron chi connectivity index (χ4n) is 3.90. The molecule has 37 heavy (non-hydrogen) atoms. The van der Waals surface area contributed by atoms with Gasteiger partial charge < -0.3 is 10.2 Å². The summed E-state index contributed by atoms with van der Waals surface area (Å²) in [4.78, 5) is 27.8. The number of likely N-dealkylation sites (N-methyl/N-ethyl adjacent to an activating group) is 1. The molecule has 0 aliphatic rings. The molecule has 3 aromatic carbocycles. The van der Waals surface area contributed by atoms with Crippen LogP contribution in [0, 0.1) is 20.8 Å². The number of amides is 2. The maximum absolute atomic E-state index is 13.8. The Labute approximate surface area is 224 Å². The lowest BCUT2D eigenvalue weighted by molar-refractivity contribution is -0.139. The van der Waals surface area contributed by atoms with Crippen LogP contribution in [-0.4, -0.2) is 44.8 Å². The Balaban J connectivity index is 2.06. The van der Waals surface area contributed by atoms with Crippen LogP contribution >= 0.6 is 11.6 Å². The Bertz CT molecular complexity index is 1390. The van der Waals surface area contributed by atoms with Gasteiger partial charge in [0.05, 0.1) is 10.6 Å². The zero-order chi connectivity index (χ0) is 27.3. The predicted molar refractivity (Wildman–Crippen MR) is 147 cm³/mol. The molecule has 0 radical (unpaired) electrons. The number of sulfonamides is 1. The molecule has 7 nitrogen and oxygen atoms in total. The molecular formula is C28H32ClN3O4S. The van der Waals surface area contributed by atoms with Gasteiger partial charge in [0.15, 0.2) is 0 Å². The SMILES string of the molecule is CNC(=O)[C@@H](C)N(Cc1cccc(C)c1)C(=O)CN(c1ccc(C)c(Cl)c1)S(=O)(=O)c1ccc(C)cc1. The number of nitrogens with one attached hydrogen (secondary N) is 1. The van der Waals surface area contributed by atoms with Crippen molar-refractivity contribution in [3.63, 3.8) is 0 Å². The summed E-state index contributed by atoms with van der Waals surface area (Å²) in [6.07, 6.45) is 0. The molecule has 0 bridgehead atoms. The van der Waals surface area contributed by atoms with Gasteiger partial charge in [0.1, 0.15) is 12.6 Å². The highest BCUT2D eigenvalue weighted by atomic mass is 35.5. The maximum Gasteiger partial charge on any atom is 0.264 e. The highest BCUT2D eigenvalue weighted by molar-refractivity contribution is 7.92. The quantitative estimate of drug-likeness (QED) is 0.428. The van der Waals surface area contributed by atoms with Crippen LogP contribution in [0.4, 0.5) is 5.69 Å². The number of benzene rings is 3. The largest absolute Gasteiger partial charge is 0.357 e. The van der Waals surface area contributed by atoms with Crippen molar-refractivity contribution in [1.82, 2.24) is 10.2 Å². The third-order valence-corrected chi connectivity index (χ3v) is 8.38. The molecule has 196 valence electrons. The minimum Gasteiger partial charge on any atom is -0.357 e. The second-order valence-electron chi connectivity index (χ2n) is 9.06. The Morgan fingerprint density at radius 1 is 0.946 bits per heavy atom. The molecule has 0 aliphatic heterocycles. The van der Waals surface area contributed by atoms with E-state index >= 15 is 0 Å². The van der Waals surface area contributed by atoms with Gasteiger partial charge in [0, 0.05) is 18.6 Å². The second kappa shape index (κ2) is 11.8. The molecule has 0 aromatic heterocycles. The number of hydrogen-bond donors (Lipinski definition) is 1. The van der Waals surface area contributed by atoms with Crippen molar-refractivity contribution in [2.45, 2.75) is 45.2 Å². The number of anilines is 1. The van der Waals surface area contributed by atoms with E-state index in [0.29, 0.717) is 5.02 Å². The predicted octanol–water partition coefficient (Wildman–Crippen LogP) is 4.62. The van der Waals surface area contributed by atoms with Crippen LogP contribution in [0.2, 0.25) is 5.02 Å². The van der Waals surface area contributed by atoms with E-state index in [4.69, 9.17) is 11.6 Å². The summed E-state index contributed by atoms with van der Waals surface area (Å²) < 4.78 is 28.6. The van der Waals surface area contributed by atoms with E-state index in [1.165, 1.54) is 30.1 Å². The average molecular weight is 542 g/mol. The third-order valence-electron chi connectivity index (χ3n) is 6.18. The fourth-order valence-corrected chi connectivity index (χ4v) is 5.48. The number of halogens is 1. The van der Waals surface area contributed by atoms with Gasteiger partial charge in [0.25, 0.3) is 10.0 Å². The van der Waals surface area contributed by atoms with Crippen molar-refractivity contribution in [2.24, 2.45) is 0 Å². The standard InChI is InChI=1S/C28H32ClN3O4S/c1-19-9-13-25(14-10-19)37(35,36)32(24-12-11-21(3)26(29)16-24)18-27(33)31(22(4)28(34)30-5)17-23-8-6-7-20(2)15-23/h6-16,22H,17-18H2,1-5H3,(H,30,34)/t22-/m1/s1. The van der Waals surface area contributed by atoms with Crippen LogP contribution in [0.15, 0.2) is 71.6 Å². The first kappa shape index (κ1) is 28.2. The Morgan fingerprint density at radius 2 is 1.62 bits per heavy atom. The Kier molecular flexibility index (Phi) is 8.99. The normalized spacial score (nSPS) is 12.1. The molecule has 0 aliphatic carbocycles. The molecule has 0 heterocycles. The van der Waals surface area contributed by atoms with E-state index in [1.54, 1.807) is 31.2 Å². The van der Waals surface area contributed by atoms with Gasteiger partial charge in [-0.15, -0.1) is 0 Å². The molecule has 3 rings (SSSR count). The summed E-state index contributed by atoms with van der Waals surface area (Å²) in [5, 5.41) is 2.95. The van der Waals surface area contributed by atoms with Crippen molar-refractivity contribution in [3.05, 3.63) is 94.0 Å². The second-order valence-corrected chi connectivity index (χ2v) is 11.3. The van der Waals surface area contributed by atoms with E-state index in [-0.39, 0.29) is 23.0 Å². The lowest BCUT2D eigenvalue weighted by Crippen LogP contribution is -2.50. The van der Waals surface area contributed by atoms with Crippen molar-refractivity contribution in [3.8, 4) is 0 Å². The molecule has 2 amide bonds. The molecule has 1 N–H and O–H groups in total. The number of carbonyl (C=O) groups is 2. The number of carbonyl (C=O) groups excluding carboxylic acids is 2. The molecule has 0 unspecified atom stereocenters. The van der Waals surface area contributed by atoms with Crippen LogP contribution in [0.5, 0.6) is 0 Å². The van der Waals surface area contributed by atoms with E-state index in [0.717, 1.165) is 26.6 Å². The zero-order valence-corrected chi connectivity index (χ0v) is 23.2.